The van der Waals surface area contributed by atoms with Crippen molar-refractivity contribution in [3.63, 3.8) is 0 Å². The SMILES string of the molecule is c1ccc(-c2cccc(-c3cc4ccc5ccccc5c4s3)c2)cc1. The molecule has 0 radical (unpaired) electrons. The molecule has 0 bridgehead atoms. The van der Waals surface area contributed by atoms with Crippen molar-refractivity contribution in [3.05, 3.63) is 97.1 Å². The smallest absolute Gasteiger partial charge is 0.0427 e. The standard InChI is InChI=1S/C24H16S/c1-2-7-17(8-3-1)19-10-6-11-20(15-19)23-16-21-14-13-18-9-4-5-12-22(18)24(21)25-23/h1-16H. The maximum Gasteiger partial charge on any atom is 0.0427 e. The van der Waals surface area contributed by atoms with Crippen LogP contribution in [-0.4, -0.2) is 0 Å². The van der Waals surface area contributed by atoms with Crippen molar-refractivity contribution in [2.45, 2.75) is 0 Å². The summed E-state index contributed by atoms with van der Waals surface area (Å²) in [5.74, 6) is 0. The Morgan fingerprint density at radius 2 is 1.20 bits per heavy atom. The van der Waals surface area contributed by atoms with Crippen LogP contribution in [-0.2, 0) is 0 Å². The highest BCUT2D eigenvalue weighted by Crippen LogP contribution is 2.38. The molecule has 0 spiro atoms. The van der Waals surface area contributed by atoms with E-state index in [1.54, 1.807) is 0 Å². The zero-order chi connectivity index (χ0) is 16.6. The average molecular weight is 336 g/mol. The molecule has 0 aliphatic rings. The molecule has 0 nitrogen and oxygen atoms in total. The number of fused-ring (bicyclic) bond motifs is 3. The van der Waals surface area contributed by atoms with Gasteiger partial charge in [0.05, 0.1) is 0 Å². The Kier molecular flexibility index (Phi) is 3.39. The molecule has 0 unspecified atom stereocenters. The zero-order valence-corrected chi connectivity index (χ0v) is 14.5. The summed E-state index contributed by atoms with van der Waals surface area (Å²) >= 11 is 1.88. The Labute approximate surface area is 151 Å². The predicted molar refractivity (Wildman–Crippen MR) is 110 cm³/mol. The highest BCUT2D eigenvalue weighted by Gasteiger charge is 2.08. The van der Waals surface area contributed by atoms with Gasteiger partial charge in [0.2, 0.25) is 0 Å². The molecule has 0 fully saturated rings. The van der Waals surface area contributed by atoms with Crippen molar-refractivity contribution in [3.8, 4) is 21.6 Å². The molecule has 5 rings (SSSR count). The number of rotatable bonds is 2. The quantitative estimate of drug-likeness (QED) is 0.315. The van der Waals surface area contributed by atoms with Gasteiger partial charge in [-0.15, -0.1) is 11.3 Å². The van der Waals surface area contributed by atoms with Gasteiger partial charge in [-0.1, -0.05) is 84.9 Å². The summed E-state index contributed by atoms with van der Waals surface area (Å²) in [5, 5.41) is 3.97. The molecule has 5 aromatic rings. The lowest BCUT2D eigenvalue weighted by Gasteiger charge is -2.04. The van der Waals surface area contributed by atoms with Crippen molar-refractivity contribution in [2.24, 2.45) is 0 Å². The van der Waals surface area contributed by atoms with E-state index in [2.05, 4.69) is 97.1 Å². The van der Waals surface area contributed by atoms with E-state index < -0.39 is 0 Å². The van der Waals surface area contributed by atoms with Gasteiger partial charge in [0.25, 0.3) is 0 Å². The molecule has 118 valence electrons. The third kappa shape index (κ3) is 2.54. The Hall–Kier alpha value is -2.90. The van der Waals surface area contributed by atoms with Crippen LogP contribution in [0.4, 0.5) is 0 Å². The van der Waals surface area contributed by atoms with Gasteiger partial charge < -0.3 is 0 Å². The predicted octanol–water partition coefficient (Wildman–Crippen LogP) is 7.39. The van der Waals surface area contributed by atoms with Gasteiger partial charge in [0, 0.05) is 9.58 Å². The first-order valence-electron chi connectivity index (χ1n) is 8.46. The van der Waals surface area contributed by atoms with E-state index in [9.17, 15) is 0 Å². The lowest BCUT2D eigenvalue weighted by Crippen LogP contribution is -1.78. The van der Waals surface area contributed by atoms with Crippen molar-refractivity contribution >= 4 is 32.2 Å². The maximum atomic E-state index is 2.32. The lowest BCUT2D eigenvalue weighted by molar-refractivity contribution is 1.62. The number of hydrogen-bond acceptors (Lipinski definition) is 1. The molecule has 25 heavy (non-hydrogen) atoms. The van der Waals surface area contributed by atoms with E-state index in [4.69, 9.17) is 0 Å². The normalized spacial score (nSPS) is 11.2. The largest absolute Gasteiger partial charge is 0.135 e. The van der Waals surface area contributed by atoms with Gasteiger partial charge in [0.15, 0.2) is 0 Å². The average Bonchev–Trinajstić information content (AvgIpc) is 3.14. The van der Waals surface area contributed by atoms with Crippen LogP contribution in [0.3, 0.4) is 0 Å². The second-order valence-electron chi connectivity index (χ2n) is 6.26. The second kappa shape index (κ2) is 5.87. The van der Waals surface area contributed by atoms with Crippen LogP contribution >= 0.6 is 11.3 Å². The van der Waals surface area contributed by atoms with Crippen LogP contribution in [0, 0.1) is 0 Å². The molecule has 0 aliphatic heterocycles. The number of thiophene rings is 1. The van der Waals surface area contributed by atoms with E-state index in [-0.39, 0.29) is 0 Å². The monoisotopic (exact) mass is 336 g/mol. The van der Waals surface area contributed by atoms with Crippen molar-refractivity contribution in [1.29, 1.82) is 0 Å². The minimum atomic E-state index is 1.26. The van der Waals surface area contributed by atoms with Gasteiger partial charge in [0.1, 0.15) is 0 Å². The second-order valence-corrected chi connectivity index (χ2v) is 7.31. The Bertz CT molecular complexity index is 1180. The van der Waals surface area contributed by atoms with Gasteiger partial charge in [-0.3, -0.25) is 0 Å². The van der Waals surface area contributed by atoms with Crippen molar-refractivity contribution < 1.29 is 0 Å². The first-order chi connectivity index (χ1) is 12.4. The van der Waals surface area contributed by atoms with E-state index >= 15 is 0 Å². The zero-order valence-electron chi connectivity index (χ0n) is 13.6. The third-order valence-electron chi connectivity index (χ3n) is 4.66. The highest BCUT2D eigenvalue weighted by molar-refractivity contribution is 7.23. The van der Waals surface area contributed by atoms with E-state index in [0.29, 0.717) is 0 Å². The van der Waals surface area contributed by atoms with Crippen molar-refractivity contribution in [2.75, 3.05) is 0 Å². The topological polar surface area (TPSA) is 0 Å². The molecule has 1 aromatic heterocycles. The first kappa shape index (κ1) is 14.4. The molecule has 0 aliphatic carbocycles. The summed E-state index contributed by atoms with van der Waals surface area (Å²) in [5.41, 5.74) is 3.81. The molecule has 0 saturated heterocycles. The summed E-state index contributed by atoms with van der Waals surface area (Å²) in [6.07, 6.45) is 0. The fraction of sp³-hybridized carbons (Fsp3) is 0. The van der Waals surface area contributed by atoms with Crippen LogP contribution in [0.25, 0.3) is 42.4 Å². The molecule has 0 saturated carbocycles. The number of hydrogen-bond donors (Lipinski definition) is 0. The molecule has 0 amide bonds. The first-order valence-corrected chi connectivity index (χ1v) is 9.27. The van der Waals surface area contributed by atoms with E-state index in [0.717, 1.165) is 0 Å². The molecule has 1 heterocycles. The Balaban J connectivity index is 1.67. The van der Waals surface area contributed by atoms with E-state index in [1.807, 2.05) is 11.3 Å². The van der Waals surface area contributed by atoms with Crippen LogP contribution in [0.2, 0.25) is 0 Å². The molecule has 0 N–H and O–H groups in total. The molecule has 1 heteroatoms. The molecular weight excluding hydrogens is 320 g/mol. The minimum Gasteiger partial charge on any atom is -0.135 e. The maximum absolute atomic E-state index is 2.32. The van der Waals surface area contributed by atoms with Gasteiger partial charge in [-0.05, 0) is 45.0 Å². The fourth-order valence-electron chi connectivity index (χ4n) is 3.39. The summed E-state index contributed by atoms with van der Waals surface area (Å²) in [6.45, 7) is 0. The van der Waals surface area contributed by atoms with Crippen LogP contribution in [0.15, 0.2) is 97.1 Å². The summed E-state index contributed by atoms with van der Waals surface area (Å²) in [7, 11) is 0. The van der Waals surface area contributed by atoms with Crippen molar-refractivity contribution in [1.82, 2.24) is 0 Å². The van der Waals surface area contributed by atoms with Crippen LogP contribution in [0.1, 0.15) is 0 Å². The van der Waals surface area contributed by atoms with Gasteiger partial charge in [-0.2, -0.15) is 0 Å². The Morgan fingerprint density at radius 3 is 2.12 bits per heavy atom. The molecule has 0 atom stereocenters. The Morgan fingerprint density at radius 1 is 0.480 bits per heavy atom. The van der Waals surface area contributed by atoms with Gasteiger partial charge >= 0.3 is 0 Å². The van der Waals surface area contributed by atoms with Crippen LogP contribution < -0.4 is 0 Å². The van der Waals surface area contributed by atoms with E-state index in [1.165, 1.54) is 42.4 Å². The van der Waals surface area contributed by atoms with Crippen LogP contribution in [0.5, 0.6) is 0 Å². The molecule has 4 aromatic carbocycles. The molecular formula is C24H16S. The highest BCUT2D eigenvalue weighted by atomic mass is 32.1. The fourth-order valence-corrected chi connectivity index (χ4v) is 4.58. The number of benzene rings is 4. The lowest BCUT2D eigenvalue weighted by atomic mass is 10.0. The summed E-state index contributed by atoms with van der Waals surface area (Å²) in [6, 6.07) is 34.8. The summed E-state index contributed by atoms with van der Waals surface area (Å²) in [4.78, 5) is 1.32. The van der Waals surface area contributed by atoms with Gasteiger partial charge in [-0.25, -0.2) is 0 Å². The third-order valence-corrected chi connectivity index (χ3v) is 5.90. The summed E-state index contributed by atoms with van der Waals surface area (Å²) < 4.78 is 1.37. The minimum absolute atomic E-state index is 1.26.